The van der Waals surface area contributed by atoms with E-state index in [0.717, 1.165) is 75.5 Å². The third kappa shape index (κ3) is 55.2. The lowest BCUT2D eigenvalue weighted by Gasteiger charge is -2.18. The van der Waals surface area contributed by atoms with Gasteiger partial charge >= 0.3 is 17.9 Å². The van der Waals surface area contributed by atoms with E-state index in [2.05, 4.69) is 41.5 Å². The molecule has 398 valence electrons. The van der Waals surface area contributed by atoms with Crippen LogP contribution in [0, 0.1) is 17.8 Å². The second-order valence-electron chi connectivity index (χ2n) is 22.4. The van der Waals surface area contributed by atoms with Gasteiger partial charge in [0, 0.05) is 19.3 Å². The summed E-state index contributed by atoms with van der Waals surface area (Å²) in [5, 5.41) is 0. The van der Waals surface area contributed by atoms with Gasteiger partial charge in [0.2, 0.25) is 0 Å². The molecule has 1 atom stereocenters. The first-order valence-corrected chi connectivity index (χ1v) is 30.1. The molecule has 0 aliphatic rings. The number of carbonyl (C=O) groups excluding carboxylic acids is 3. The Morgan fingerprint density at radius 2 is 0.433 bits per heavy atom. The van der Waals surface area contributed by atoms with Crippen molar-refractivity contribution in [2.45, 2.75) is 343 Å². The highest BCUT2D eigenvalue weighted by Gasteiger charge is 2.19. The van der Waals surface area contributed by atoms with Gasteiger partial charge in [0.05, 0.1) is 0 Å². The van der Waals surface area contributed by atoms with Crippen LogP contribution in [0.3, 0.4) is 0 Å². The van der Waals surface area contributed by atoms with Crippen LogP contribution in [0.4, 0.5) is 0 Å². The van der Waals surface area contributed by atoms with Crippen molar-refractivity contribution in [1.29, 1.82) is 0 Å². The number of ether oxygens (including phenoxy) is 3. The predicted octanol–water partition coefficient (Wildman–Crippen LogP) is 19.9. The van der Waals surface area contributed by atoms with Crippen LogP contribution in [0.1, 0.15) is 337 Å². The first-order chi connectivity index (χ1) is 32.6. The molecule has 0 radical (unpaired) electrons. The predicted molar refractivity (Wildman–Crippen MR) is 289 cm³/mol. The summed E-state index contributed by atoms with van der Waals surface area (Å²) in [6.45, 7) is 13.7. The zero-order valence-electron chi connectivity index (χ0n) is 46.2. The Hall–Kier alpha value is -1.59. The normalized spacial score (nSPS) is 12.1. The van der Waals surface area contributed by atoms with E-state index < -0.39 is 6.10 Å². The summed E-state index contributed by atoms with van der Waals surface area (Å²) in [5.41, 5.74) is 0. The van der Waals surface area contributed by atoms with Crippen molar-refractivity contribution >= 4 is 17.9 Å². The third-order valence-corrected chi connectivity index (χ3v) is 13.9. The molecule has 0 aromatic carbocycles. The molecule has 0 aromatic rings. The zero-order chi connectivity index (χ0) is 49.1. The Bertz CT molecular complexity index is 1040. The minimum Gasteiger partial charge on any atom is -0.462 e. The largest absolute Gasteiger partial charge is 0.462 e. The molecule has 67 heavy (non-hydrogen) atoms. The molecule has 0 bridgehead atoms. The van der Waals surface area contributed by atoms with E-state index in [1.54, 1.807) is 0 Å². The molecule has 0 spiro atoms. The summed E-state index contributed by atoms with van der Waals surface area (Å²) < 4.78 is 16.9. The minimum absolute atomic E-state index is 0.0640. The topological polar surface area (TPSA) is 78.9 Å². The standard InChI is InChI=1S/C61H118O6/c1-55(2)47-41-35-29-25-21-17-13-9-7-8-10-15-19-23-27-31-38-44-50-59(62)65-53-58(54-66-60(63)51-45-39-34-33-37-43-49-57(5)6)67-61(64)52-46-40-32-28-24-20-16-12-11-14-18-22-26-30-36-42-48-56(3)4/h55-58H,7-54H2,1-6H3/t58-/m1/s1. The van der Waals surface area contributed by atoms with Crippen molar-refractivity contribution in [3.05, 3.63) is 0 Å². The van der Waals surface area contributed by atoms with Crippen LogP contribution in [0.15, 0.2) is 0 Å². The van der Waals surface area contributed by atoms with Gasteiger partial charge in [0.1, 0.15) is 13.2 Å². The second kappa shape index (κ2) is 52.2. The number of rotatable bonds is 54. The fraction of sp³-hybridized carbons (Fsp3) is 0.951. The zero-order valence-corrected chi connectivity index (χ0v) is 46.2. The molecule has 0 N–H and O–H groups in total. The fourth-order valence-corrected chi connectivity index (χ4v) is 9.35. The molecule has 0 aromatic heterocycles. The summed E-state index contributed by atoms with van der Waals surface area (Å²) in [7, 11) is 0. The molecule has 6 heteroatoms. The SMILES string of the molecule is CC(C)CCCCCCCCCCCCCCCCCCCCC(=O)OC[C@H](COC(=O)CCCCCCCCC(C)C)OC(=O)CCCCCCCCCCCCCCCCCCC(C)C. The van der Waals surface area contributed by atoms with E-state index in [1.807, 2.05) is 0 Å². The van der Waals surface area contributed by atoms with Crippen LogP contribution in [-0.4, -0.2) is 37.2 Å². The second-order valence-corrected chi connectivity index (χ2v) is 22.4. The van der Waals surface area contributed by atoms with Gasteiger partial charge in [0.15, 0.2) is 6.10 Å². The first-order valence-electron chi connectivity index (χ1n) is 30.1. The molecule has 0 heterocycles. The summed E-state index contributed by atoms with van der Waals surface area (Å²) in [5.74, 6) is 1.63. The molecule has 0 aliphatic heterocycles. The smallest absolute Gasteiger partial charge is 0.306 e. The lowest BCUT2D eigenvalue weighted by Crippen LogP contribution is -2.30. The Morgan fingerprint density at radius 3 is 0.642 bits per heavy atom. The summed E-state index contributed by atoms with van der Waals surface area (Å²) in [4.78, 5) is 38.1. The molecule has 0 amide bonds. The van der Waals surface area contributed by atoms with Crippen molar-refractivity contribution in [3.63, 3.8) is 0 Å². The van der Waals surface area contributed by atoms with Crippen molar-refractivity contribution < 1.29 is 28.6 Å². The van der Waals surface area contributed by atoms with Crippen molar-refractivity contribution in [2.75, 3.05) is 13.2 Å². The van der Waals surface area contributed by atoms with Crippen LogP contribution < -0.4 is 0 Å². The number of carbonyl (C=O) groups is 3. The van der Waals surface area contributed by atoms with Crippen molar-refractivity contribution in [1.82, 2.24) is 0 Å². The Labute approximate surface area is 418 Å². The maximum atomic E-state index is 12.9. The van der Waals surface area contributed by atoms with Gasteiger partial charge in [-0.15, -0.1) is 0 Å². The molecule has 0 fully saturated rings. The monoisotopic (exact) mass is 947 g/mol. The Balaban J connectivity index is 4.18. The van der Waals surface area contributed by atoms with Crippen LogP contribution in [0.2, 0.25) is 0 Å². The Morgan fingerprint density at radius 1 is 0.254 bits per heavy atom. The van der Waals surface area contributed by atoms with E-state index in [-0.39, 0.29) is 31.1 Å². The molecule has 0 rings (SSSR count). The van der Waals surface area contributed by atoms with Crippen molar-refractivity contribution in [3.8, 4) is 0 Å². The van der Waals surface area contributed by atoms with Gasteiger partial charge < -0.3 is 14.2 Å². The average Bonchev–Trinajstić information content (AvgIpc) is 3.29. The van der Waals surface area contributed by atoms with Gasteiger partial charge in [-0.2, -0.15) is 0 Å². The highest BCUT2D eigenvalue weighted by Crippen LogP contribution is 2.19. The van der Waals surface area contributed by atoms with Gasteiger partial charge in [-0.05, 0) is 37.0 Å². The maximum absolute atomic E-state index is 12.9. The molecule has 0 unspecified atom stereocenters. The number of hydrogen-bond acceptors (Lipinski definition) is 6. The summed E-state index contributed by atoms with van der Waals surface area (Å²) >= 11 is 0. The number of esters is 3. The van der Waals surface area contributed by atoms with E-state index in [9.17, 15) is 14.4 Å². The van der Waals surface area contributed by atoms with Crippen LogP contribution in [0.5, 0.6) is 0 Å². The number of unbranched alkanes of at least 4 members (excludes halogenated alkanes) is 37. The molecular weight excluding hydrogens is 829 g/mol. The third-order valence-electron chi connectivity index (χ3n) is 13.9. The number of hydrogen-bond donors (Lipinski definition) is 0. The average molecular weight is 948 g/mol. The maximum Gasteiger partial charge on any atom is 0.306 e. The van der Waals surface area contributed by atoms with Gasteiger partial charge in [-0.1, -0.05) is 298 Å². The quantitative estimate of drug-likeness (QED) is 0.0343. The molecular formula is C61H118O6. The lowest BCUT2D eigenvalue weighted by molar-refractivity contribution is -0.167. The lowest BCUT2D eigenvalue weighted by atomic mass is 10.0. The van der Waals surface area contributed by atoms with E-state index >= 15 is 0 Å². The van der Waals surface area contributed by atoms with Gasteiger partial charge in [0.25, 0.3) is 0 Å². The van der Waals surface area contributed by atoms with Crippen molar-refractivity contribution in [2.24, 2.45) is 17.8 Å². The molecule has 0 aliphatic carbocycles. The summed E-state index contributed by atoms with van der Waals surface area (Å²) in [6.07, 6.45) is 55.5. The Kier molecular flexibility index (Phi) is 51.0. The van der Waals surface area contributed by atoms with E-state index in [0.29, 0.717) is 19.3 Å². The molecule has 0 saturated carbocycles. The molecule has 0 saturated heterocycles. The highest BCUT2D eigenvalue weighted by atomic mass is 16.6. The first kappa shape index (κ1) is 65.4. The summed E-state index contributed by atoms with van der Waals surface area (Å²) in [6, 6.07) is 0. The van der Waals surface area contributed by atoms with Gasteiger partial charge in [-0.3, -0.25) is 14.4 Å². The van der Waals surface area contributed by atoms with Crippen LogP contribution >= 0.6 is 0 Å². The van der Waals surface area contributed by atoms with Gasteiger partial charge in [-0.25, -0.2) is 0 Å². The minimum atomic E-state index is -0.764. The van der Waals surface area contributed by atoms with Crippen LogP contribution in [-0.2, 0) is 28.6 Å². The molecule has 6 nitrogen and oxygen atoms in total. The van der Waals surface area contributed by atoms with E-state index in [4.69, 9.17) is 14.2 Å². The highest BCUT2D eigenvalue weighted by molar-refractivity contribution is 5.71. The fourth-order valence-electron chi connectivity index (χ4n) is 9.35. The van der Waals surface area contributed by atoms with E-state index in [1.165, 1.54) is 218 Å². The van der Waals surface area contributed by atoms with Crippen LogP contribution in [0.25, 0.3) is 0 Å².